The van der Waals surface area contributed by atoms with Gasteiger partial charge in [0.15, 0.2) is 5.78 Å². The number of Topliss-reactive ketones (excluding diaryl/α,β-unsaturated/α-hetero) is 1. The van der Waals surface area contributed by atoms with E-state index in [2.05, 4.69) is 147 Å². The monoisotopic (exact) mass is 550 g/mol. The summed E-state index contributed by atoms with van der Waals surface area (Å²) in [7, 11) is 0. The molecule has 0 spiro atoms. The molecule has 0 radical (unpaired) electrons. The molecule has 0 unspecified atom stereocenters. The summed E-state index contributed by atoms with van der Waals surface area (Å²) in [5.41, 5.74) is 10.3. The molecule has 41 heavy (non-hydrogen) atoms. The Morgan fingerprint density at radius 1 is 0.585 bits per heavy atom. The van der Waals surface area contributed by atoms with Gasteiger partial charge < -0.3 is 0 Å². The van der Waals surface area contributed by atoms with E-state index < -0.39 is 0 Å². The molecule has 0 amide bonds. The minimum atomic E-state index is 0.0507. The molecule has 1 nitrogen and oxygen atoms in total. The van der Waals surface area contributed by atoms with Crippen molar-refractivity contribution in [1.29, 1.82) is 0 Å². The predicted octanol–water partition coefficient (Wildman–Crippen LogP) is 11.8. The van der Waals surface area contributed by atoms with Crippen LogP contribution in [0.15, 0.2) is 130 Å². The van der Waals surface area contributed by atoms with Crippen LogP contribution >= 0.6 is 0 Å². The zero-order valence-corrected chi connectivity index (χ0v) is 27.5. The lowest BCUT2D eigenvalue weighted by Gasteiger charge is -2.32. The third kappa shape index (κ3) is 11.3. The molecule has 0 aliphatic heterocycles. The van der Waals surface area contributed by atoms with Gasteiger partial charge in [0.2, 0.25) is 0 Å². The molecule has 0 aromatic heterocycles. The van der Waals surface area contributed by atoms with Gasteiger partial charge in [0, 0.05) is 6.42 Å². The van der Waals surface area contributed by atoms with Crippen molar-refractivity contribution >= 4 is 5.78 Å². The zero-order valence-electron chi connectivity index (χ0n) is 27.5. The number of hydrogen-bond acceptors (Lipinski definition) is 1. The predicted molar refractivity (Wildman–Crippen MR) is 182 cm³/mol. The minimum Gasteiger partial charge on any atom is -0.295 e. The van der Waals surface area contributed by atoms with Crippen LogP contribution in [-0.4, -0.2) is 5.78 Å². The SMILES string of the molecule is CC1=C(/C=C/C(C)=C/C=C/C(C)=C/C=C/C=C(C)/C=C/C=C(C)/C=C/C2=C(C)C(=O)CCC2(C)C)C(C)(C)CCC1. The van der Waals surface area contributed by atoms with Crippen molar-refractivity contribution in [3.63, 3.8) is 0 Å². The van der Waals surface area contributed by atoms with Crippen LogP contribution in [0.5, 0.6) is 0 Å². The lowest BCUT2D eigenvalue weighted by Crippen LogP contribution is -2.24. The van der Waals surface area contributed by atoms with Crippen molar-refractivity contribution in [1.82, 2.24) is 0 Å². The van der Waals surface area contributed by atoms with Crippen LogP contribution in [0.3, 0.4) is 0 Å². The van der Waals surface area contributed by atoms with Crippen molar-refractivity contribution in [2.45, 2.75) is 101 Å². The number of rotatable bonds is 10. The smallest absolute Gasteiger partial charge is 0.158 e. The first-order chi connectivity index (χ1) is 19.2. The Hall–Kier alpha value is -3.19. The number of carbonyl (C=O) groups is 1. The van der Waals surface area contributed by atoms with Crippen LogP contribution in [0.4, 0.5) is 0 Å². The molecule has 0 saturated heterocycles. The van der Waals surface area contributed by atoms with Gasteiger partial charge in [-0.1, -0.05) is 141 Å². The number of ketones is 1. The van der Waals surface area contributed by atoms with Crippen molar-refractivity contribution in [3.8, 4) is 0 Å². The Bertz CT molecular complexity index is 1300. The minimum absolute atomic E-state index is 0.0507. The average Bonchev–Trinajstić information content (AvgIpc) is 2.88. The molecule has 1 heteroatoms. The van der Waals surface area contributed by atoms with Crippen LogP contribution in [0, 0.1) is 10.8 Å². The van der Waals surface area contributed by atoms with E-state index in [9.17, 15) is 4.79 Å². The zero-order chi connectivity index (χ0) is 30.6. The lowest BCUT2D eigenvalue weighted by molar-refractivity contribution is -0.116. The maximum atomic E-state index is 12.2. The van der Waals surface area contributed by atoms with Gasteiger partial charge in [0.1, 0.15) is 0 Å². The highest BCUT2D eigenvalue weighted by Crippen LogP contribution is 2.41. The molecule has 0 bridgehead atoms. The molecular formula is C40H54O. The molecule has 2 rings (SSSR count). The summed E-state index contributed by atoms with van der Waals surface area (Å²) in [6.45, 7) is 21.9. The molecule has 0 N–H and O–H groups in total. The second kappa shape index (κ2) is 15.7. The van der Waals surface area contributed by atoms with E-state index in [0.29, 0.717) is 6.42 Å². The first-order valence-corrected chi connectivity index (χ1v) is 15.3. The summed E-state index contributed by atoms with van der Waals surface area (Å²) < 4.78 is 0. The number of carbonyl (C=O) groups excluding carboxylic acids is 1. The molecule has 220 valence electrons. The highest BCUT2D eigenvalue weighted by molar-refractivity contribution is 5.97. The second-order valence-corrected chi connectivity index (χ2v) is 13.2. The molecule has 0 atom stereocenters. The Morgan fingerprint density at radius 2 is 1.02 bits per heavy atom. The van der Waals surface area contributed by atoms with E-state index in [1.54, 1.807) is 0 Å². The molecule has 2 aliphatic carbocycles. The number of hydrogen-bond donors (Lipinski definition) is 0. The van der Waals surface area contributed by atoms with Gasteiger partial charge in [-0.25, -0.2) is 0 Å². The van der Waals surface area contributed by atoms with Gasteiger partial charge in [0.05, 0.1) is 0 Å². The average molecular weight is 551 g/mol. The number of allylic oxidation sites excluding steroid dienone is 22. The van der Waals surface area contributed by atoms with Crippen LogP contribution < -0.4 is 0 Å². The summed E-state index contributed by atoms with van der Waals surface area (Å²) in [6, 6.07) is 0. The lowest BCUT2D eigenvalue weighted by atomic mass is 9.72. The molecule has 0 fully saturated rings. The van der Waals surface area contributed by atoms with Crippen LogP contribution in [-0.2, 0) is 4.79 Å². The summed E-state index contributed by atoms with van der Waals surface area (Å²) in [6.07, 6.45) is 35.4. The Balaban J connectivity index is 1.91. The van der Waals surface area contributed by atoms with Gasteiger partial charge in [-0.2, -0.15) is 0 Å². The summed E-state index contributed by atoms with van der Waals surface area (Å²) in [5, 5.41) is 0. The van der Waals surface area contributed by atoms with Crippen molar-refractivity contribution in [2.24, 2.45) is 10.8 Å². The quantitative estimate of drug-likeness (QED) is 0.247. The van der Waals surface area contributed by atoms with Crippen LogP contribution in [0.1, 0.15) is 101 Å². The summed E-state index contributed by atoms with van der Waals surface area (Å²) in [5.74, 6) is 0.280. The van der Waals surface area contributed by atoms with Gasteiger partial charge in [-0.05, 0) is 94.8 Å². The Labute approximate surface area is 252 Å². The second-order valence-electron chi connectivity index (χ2n) is 13.2. The summed E-state index contributed by atoms with van der Waals surface area (Å²) in [4.78, 5) is 12.2. The standard InChI is InChI=1S/C40H54O/c1-30(18-13-20-32(3)23-25-36-34(5)22-15-28-39(36,7)8)16-11-12-17-31(2)19-14-21-33(4)24-26-37-35(6)38(41)27-29-40(37,9)10/h11-14,16-21,23-26H,15,22,27-29H2,1-10H3/b12-11+,18-13+,19-14+,25-23+,26-24+,30-16+,31-17+,32-20+,33-21+. The third-order valence-electron chi connectivity index (χ3n) is 8.36. The highest BCUT2D eigenvalue weighted by atomic mass is 16.1. The van der Waals surface area contributed by atoms with E-state index in [4.69, 9.17) is 0 Å². The molecule has 0 aromatic carbocycles. The molecular weight excluding hydrogens is 496 g/mol. The van der Waals surface area contributed by atoms with Crippen LogP contribution in [0.2, 0.25) is 0 Å². The largest absolute Gasteiger partial charge is 0.295 e. The first kappa shape index (κ1) is 34.0. The topological polar surface area (TPSA) is 17.1 Å². The Kier molecular flexibility index (Phi) is 13.0. The molecule has 2 aliphatic rings. The normalized spacial score (nSPS) is 21.8. The summed E-state index contributed by atoms with van der Waals surface area (Å²) >= 11 is 0. The van der Waals surface area contributed by atoms with Gasteiger partial charge >= 0.3 is 0 Å². The maximum Gasteiger partial charge on any atom is 0.158 e. The molecule has 0 heterocycles. The van der Waals surface area contributed by atoms with E-state index >= 15 is 0 Å². The van der Waals surface area contributed by atoms with Gasteiger partial charge in [-0.15, -0.1) is 0 Å². The van der Waals surface area contributed by atoms with Crippen molar-refractivity contribution in [2.75, 3.05) is 0 Å². The molecule has 0 saturated carbocycles. The van der Waals surface area contributed by atoms with Gasteiger partial charge in [0.25, 0.3) is 0 Å². The maximum absolute atomic E-state index is 12.2. The fourth-order valence-corrected chi connectivity index (χ4v) is 5.54. The van der Waals surface area contributed by atoms with Crippen LogP contribution in [0.25, 0.3) is 0 Å². The van der Waals surface area contributed by atoms with E-state index in [1.165, 1.54) is 52.7 Å². The third-order valence-corrected chi connectivity index (χ3v) is 8.36. The highest BCUT2D eigenvalue weighted by Gasteiger charge is 2.30. The molecule has 0 aromatic rings. The fourth-order valence-electron chi connectivity index (χ4n) is 5.54. The van der Waals surface area contributed by atoms with E-state index in [-0.39, 0.29) is 16.6 Å². The first-order valence-electron chi connectivity index (χ1n) is 15.3. The van der Waals surface area contributed by atoms with E-state index in [0.717, 1.165) is 17.6 Å². The van der Waals surface area contributed by atoms with Crippen molar-refractivity contribution < 1.29 is 4.79 Å². The van der Waals surface area contributed by atoms with Gasteiger partial charge in [-0.3, -0.25) is 4.79 Å². The fraction of sp³-hybridized carbons (Fsp3) is 0.425. The Morgan fingerprint density at radius 3 is 1.54 bits per heavy atom. The van der Waals surface area contributed by atoms with E-state index in [1.807, 2.05) is 6.92 Å². The van der Waals surface area contributed by atoms with Crippen molar-refractivity contribution in [3.05, 3.63) is 130 Å².